The van der Waals surface area contributed by atoms with E-state index in [0.717, 1.165) is 5.57 Å². The van der Waals surface area contributed by atoms with Crippen molar-refractivity contribution in [1.29, 1.82) is 0 Å². The molecule has 0 fully saturated rings. The van der Waals surface area contributed by atoms with Gasteiger partial charge in [0, 0.05) is 11.0 Å². The number of carboxylic acids is 1. The monoisotopic (exact) mass is 396 g/mol. The number of hydrogen-bond donors (Lipinski definition) is 2. The molecule has 0 aliphatic carbocycles. The number of carboxylic acid groups (broad SMARTS) is 1. The molecular weight excluding hydrogens is 376 g/mol. The van der Waals surface area contributed by atoms with Crippen LogP contribution in [0.3, 0.4) is 0 Å². The van der Waals surface area contributed by atoms with Gasteiger partial charge in [0.2, 0.25) is 0 Å². The van der Waals surface area contributed by atoms with Crippen LogP contribution >= 0.6 is 15.9 Å². The summed E-state index contributed by atoms with van der Waals surface area (Å²) < 4.78 is 0. The Labute approximate surface area is 149 Å². The van der Waals surface area contributed by atoms with Crippen molar-refractivity contribution in [2.45, 2.75) is 33.1 Å². The summed E-state index contributed by atoms with van der Waals surface area (Å²) in [5.74, 6) is -2.16. The molecule has 0 saturated heterocycles. The van der Waals surface area contributed by atoms with Crippen LogP contribution in [0.1, 0.15) is 33.1 Å². The van der Waals surface area contributed by atoms with Gasteiger partial charge in [-0.1, -0.05) is 35.5 Å². The molecule has 0 aromatic rings. The third-order valence-electron chi connectivity index (χ3n) is 3.53. The summed E-state index contributed by atoms with van der Waals surface area (Å²) in [5, 5.41) is 12.4. The van der Waals surface area contributed by atoms with E-state index in [0.29, 0.717) is 29.5 Å². The number of halogens is 1. The summed E-state index contributed by atoms with van der Waals surface area (Å²) in [6.07, 6.45) is 3.19. The van der Waals surface area contributed by atoms with Crippen LogP contribution < -0.4 is 5.32 Å². The number of hydrogen-bond acceptors (Lipinski definition) is 4. The van der Waals surface area contributed by atoms with Gasteiger partial charge >= 0.3 is 5.97 Å². The molecule has 0 bridgehead atoms. The highest BCUT2D eigenvalue weighted by molar-refractivity contribution is 9.09. The zero-order valence-electron chi connectivity index (χ0n) is 13.8. The van der Waals surface area contributed by atoms with E-state index in [1.165, 1.54) is 0 Å². The summed E-state index contributed by atoms with van der Waals surface area (Å²) in [6.45, 7) is 6.72. The third kappa shape index (κ3) is 5.26. The highest BCUT2D eigenvalue weighted by Crippen LogP contribution is 2.21. The van der Waals surface area contributed by atoms with Crippen LogP contribution in [-0.2, 0) is 14.4 Å². The van der Waals surface area contributed by atoms with Crippen molar-refractivity contribution in [3.8, 4) is 0 Å². The predicted octanol–water partition coefficient (Wildman–Crippen LogP) is 2.55. The second kappa shape index (κ2) is 9.32. The lowest BCUT2D eigenvalue weighted by molar-refractivity contribution is -0.133. The SMILES string of the molecule is C=C(C)C(=O)CNC(=O)C1=C(C(=O)O)CC/C=C(\CBr)C(CC)=N1. The minimum atomic E-state index is -1.18. The van der Waals surface area contributed by atoms with E-state index in [-0.39, 0.29) is 30.0 Å². The largest absolute Gasteiger partial charge is 0.478 e. The average molecular weight is 397 g/mol. The van der Waals surface area contributed by atoms with E-state index in [2.05, 4.69) is 32.8 Å². The van der Waals surface area contributed by atoms with Gasteiger partial charge in [-0.3, -0.25) is 9.59 Å². The average Bonchev–Trinajstić information content (AvgIpc) is 2.52. The number of carbonyl (C=O) groups excluding carboxylic acids is 2. The first-order valence-corrected chi connectivity index (χ1v) is 8.70. The molecule has 6 nitrogen and oxygen atoms in total. The molecule has 0 unspecified atom stereocenters. The van der Waals surface area contributed by atoms with Gasteiger partial charge in [-0.05, 0) is 37.3 Å². The van der Waals surface area contributed by atoms with Crippen LogP contribution in [0.25, 0.3) is 0 Å². The molecule has 1 aliphatic heterocycles. The van der Waals surface area contributed by atoms with Gasteiger partial charge in [0.05, 0.1) is 12.1 Å². The fourth-order valence-electron chi connectivity index (χ4n) is 2.13. The van der Waals surface area contributed by atoms with Crippen molar-refractivity contribution >= 4 is 39.3 Å². The second-order valence-electron chi connectivity index (χ2n) is 5.33. The zero-order valence-corrected chi connectivity index (χ0v) is 15.4. The van der Waals surface area contributed by atoms with Crippen molar-refractivity contribution in [1.82, 2.24) is 5.32 Å². The molecule has 1 aliphatic rings. The zero-order chi connectivity index (χ0) is 18.3. The van der Waals surface area contributed by atoms with Crippen molar-refractivity contribution in [2.24, 2.45) is 4.99 Å². The summed E-state index contributed by atoms with van der Waals surface area (Å²) in [4.78, 5) is 39.8. The number of aliphatic imine (C=N–C) groups is 1. The highest BCUT2D eigenvalue weighted by Gasteiger charge is 2.23. The first kappa shape index (κ1) is 20.0. The molecule has 130 valence electrons. The first-order valence-electron chi connectivity index (χ1n) is 7.58. The van der Waals surface area contributed by atoms with E-state index < -0.39 is 11.9 Å². The second-order valence-corrected chi connectivity index (χ2v) is 5.89. The smallest absolute Gasteiger partial charge is 0.333 e. The maximum Gasteiger partial charge on any atom is 0.333 e. The predicted molar refractivity (Wildman–Crippen MR) is 96.3 cm³/mol. The van der Waals surface area contributed by atoms with Crippen molar-refractivity contribution in [3.63, 3.8) is 0 Å². The molecule has 0 atom stereocenters. The Morgan fingerprint density at radius 2 is 2.08 bits per heavy atom. The maximum atomic E-state index is 12.4. The number of amides is 1. The van der Waals surface area contributed by atoms with Gasteiger partial charge in [0.25, 0.3) is 5.91 Å². The first-order chi connectivity index (χ1) is 11.3. The summed E-state index contributed by atoms with van der Waals surface area (Å²) in [7, 11) is 0. The normalized spacial score (nSPS) is 17.1. The van der Waals surface area contributed by atoms with Crippen molar-refractivity contribution in [2.75, 3.05) is 11.9 Å². The lowest BCUT2D eigenvalue weighted by Crippen LogP contribution is -2.32. The molecule has 1 rings (SSSR count). The summed E-state index contributed by atoms with van der Waals surface area (Å²) in [6, 6.07) is 0. The number of alkyl halides is 1. The topological polar surface area (TPSA) is 95.8 Å². The van der Waals surface area contributed by atoms with Gasteiger partial charge < -0.3 is 10.4 Å². The quantitative estimate of drug-likeness (QED) is 0.510. The van der Waals surface area contributed by atoms with Gasteiger partial charge in [0.1, 0.15) is 5.70 Å². The molecule has 0 saturated carbocycles. The summed E-state index contributed by atoms with van der Waals surface area (Å²) >= 11 is 3.38. The minimum absolute atomic E-state index is 0.0499. The number of rotatable bonds is 7. The molecular formula is C17H21BrN2O4. The molecule has 0 aromatic heterocycles. The number of Topliss-reactive ketones (excluding diaryl/α,β-unsaturated/α-hetero) is 1. The number of aliphatic carboxylic acids is 1. The van der Waals surface area contributed by atoms with Gasteiger partial charge in [-0.2, -0.15) is 0 Å². The fourth-order valence-corrected chi connectivity index (χ4v) is 2.68. The van der Waals surface area contributed by atoms with Gasteiger partial charge in [0.15, 0.2) is 5.78 Å². The number of allylic oxidation sites excluding steroid dienone is 2. The van der Waals surface area contributed by atoms with E-state index in [4.69, 9.17) is 0 Å². The van der Waals surface area contributed by atoms with Gasteiger partial charge in [-0.15, -0.1) is 0 Å². The molecule has 24 heavy (non-hydrogen) atoms. The molecule has 0 aromatic carbocycles. The van der Waals surface area contributed by atoms with E-state index in [9.17, 15) is 19.5 Å². The Bertz CT molecular complexity index is 660. The molecule has 2 N–H and O–H groups in total. The highest BCUT2D eigenvalue weighted by atomic mass is 79.9. The van der Waals surface area contributed by atoms with E-state index >= 15 is 0 Å². The van der Waals surface area contributed by atoms with Crippen LogP contribution in [0.15, 0.2) is 40.1 Å². The Morgan fingerprint density at radius 1 is 1.42 bits per heavy atom. The van der Waals surface area contributed by atoms with Crippen molar-refractivity contribution < 1.29 is 19.5 Å². The van der Waals surface area contributed by atoms with Gasteiger partial charge in [-0.25, -0.2) is 9.79 Å². The van der Waals surface area contributed by atoms with E-state index in [1.807, 2.05) is 13.0 Å². The van der Waals surface area contributed by atoms with Crippen LogP contribution in [0.4, 0.5) is 0 Å². The Hall–Kier alpha value is -2.02. The standard InChI is InChI=1S/C17H21BrN2O4/c1-4-13-11(8-18)6-5-7-12(17(23)24)15(20-13)16(22)19-9-14(21)10(2)3/h6H,2,4-5,7-9H2,1,3H3,(H,19,22)(H,23,24)/b11-6+,15-12?,20-13?. The Morgan fingerprint density at radius 3 is 2.58 bits per heavy atom. The van der Waals surface area contributed by atoms with Crippen LogP contribution in [-0.4, -0.2) is 40.4 Å². The molecule has 1 amide bonds. The van der Waals surface area contributed by atoms with Crippen LogP contribution in [0, 0.1) is 0 Å². The van der Waals surface area contributed by atoms with E-state index in [1.54, 1.807) is 6.92 Å². The maximum absolute atomic E-state index is 12.4. The summed E-state index contributed by atoms with van der Waals surface area (Å²) in [5.41, 5.74) is 1.72. The third-order valence-corrected chi connectivity index (χ3v) is 4.13. The van der Waals surface area contributed by atoms with Crippen LogP contribution in [0.5, 0.6) is 0 Å². The Balaban J connectivity index is 3.22. The molecule has 0 spiro atoms. The lowest BCUT2D eigenvalue weighted by Gasteiger charge is -2.15. The number of nitrogens with zero attached hydrogens (tertiary/aromatic N) is 1. The Kier molecular flexibility index (Phi) is 7.78. The van der Waals surface area contributed by atoms with Crippen LogP contribution in [0.2, 0.25) is 0 Å². The minimum Gasteiger partial charge on any atom is -0.478 e. The molecule has 1 heterocycles. The number of ketones is 1. The van der Waals surface area contributed by atoms with Crippen molar-refractivity contribution in [3.05, 3.63) is 35.1 Å². The lowest BCUT2D eigenvalue weighted by atomic mass is 10.0. The fraction of sp³-hybridized carbons (Fsp3) is 0.412. The number of carbonyl (C=O) groups is 3. The number of nitrogens with one attached hydrogen (secondary N) is 1. The molecule has 7 heteroatoms. The molecule has 0 radical (unpaired) electrons.